The van der Waals surface area contributed by atoms with Gasteiger partial charge in [0, 0.05) is 18.0 Å². The van der Waals surface area contributed by atoms with Crippen molar-refractivity contribution in [3.8, 4) is 0 Å². The van der Waals surface area contributed by atoms with E-state index in [9.17, 15) is 9.18 Å². The zero-order valence-corrected chi connectivity index (χ0v) is 12.0. The van der Waals surface area contributed by atoms with E-state index in [4.69, 9.17) is 4.74 Å². The Balaban J connectivity index is 2.59. The third-order valence-corrected chi connectivity index (χ3v) is 2.69. The Kier molecular flexibility index (Phi) is 5.48. The minimum atomic E-state index is -0.482. The van der Waals surface area contributed by atoms with Crippen LogP contribution in [0.2, 0.25) is 0 Å². The van der Waals surface area contributed by atoms with Crippen molar-refractivity contribution in [2.24, 2.45) is 0 Å². The number of ether oxygens (including phenoxy) is 1. The van der Waals surface area contributed by atoms with Crippen molar-refractivity contribution in [1.29, 1.82) is 0 Å². The summed E-state index contributed by atoms with van der Waals surface area (Å²) in [6.45, 7) is 5.49. The van der Waals surface area contributed by atoms with Gasteiger partial charge in [0.1, 0.15) is 11.4 Å². The number of nitrogens with one attached hydrogen (secondary N) is 1. The van der Waals surface area contributed by atoms with Gasteiger partial charge in [-0.1, -0.05) is 18.2 Å². The number of rotatable bonds is 5. The van der Waals surface area contributed by atoms with Crippen molar-refractivity contribution in [2.45, 2.75) is 45.3 Å². The molecule has 1 rings (SSSR count). The predicted octanol–water partition coefficient (Wildman–Crippen LogP) is 3.21. The Labute approximate surface area is 114 Å². The molecular weight excluding hydrogens is 245 g/mol. The monoisotopic (exact) mass is 267 g/mol. The lowest BCUT2D eigenvalue weighted by molar-refractivity contribution is -0.155. The Bertz CT molecular complexity index is 426. The van der Waals surface area contributed by atoms with Gasteiger partial charge in [-0.2, -0.15) is 0 Å². The molecule has 0 radical (unpaired) electrons. The van der Waals surface area contributed by atoms with Gasteiger partial charge in [-0.25, -0.2) is 4.39 Å². The van der Waals surface area contributed by atoms with Crippen LogP contribution in [-0.4, -0.2) is 18.6 Å². The fourth-order valence-electron chi connectivity index (χ4n) is 1.87. The molecule has 19 heavy (non-hydrogen) atoms. The molecule has 0 saturated carbocycles. The number of benzene rings is 1. The van der Waals surface area contributed by atoms with Gasteiger partial charge in [0.15, 0.2) is 0 Å². The van der Waals surface area contributed by atoms with E-state index in [0.29, 0.717) is 12.0 Å². The highest BCUT2D eigenvalue weighted by Crippen LogP contribution is 2.21. The highest BCUT2D eigenvalue weighted by Gasteiger charge is 2.19. The normalized spacial score (nSPS) is 13.1. The number of hydrogen-bond acceptors (Lipinski definition) is 3. The van der Waals surface area contributed by atoms with Crippen LogP contribution in [-0.2, 0) is 9.53 Å². The Hall–Kier alpha value is -1.42. The van der Waals surface area contributed by atoms with Crippen molar-refractivity contribution in [3.05, 3.63) is 35.6 Å². The molecule has 3 nitrogen and oxygen atoms in total. The molecule has 0 aromatic heterocycles. The van der Waals surface area contributed by atoms with Crippen LogP contribution in [0.1, 0.15) is 45.2 Å². The first-order chi connectivity index (χ1) is 8.83. The fraction of sp³-hybridized carbons (Fsp3) is 0.533. The van der Waals surface area contributed by atoms with Gasteiger partial charge in [-0.05, 0) is 40.3 Å². The second-order valence-electron chi connectivity index (χ2n) is 5.49. The molecule has 0 aliphatic rings. The number of halogens is 1. The van der Waals surface area contributed by atoms with Crippen LogP contribution < -0.4 is 5.32 Å². The van der Waals surface area contributed by atoms with Crippen LogP contribution in [0, 0.1) is 5.82 Å². The molecule has 0 fully saturated rings. The molecule has 1 N–H and O–H groups in total. The fourth-order valence-corrected chi connectivity index (χ4v) is 1.87. The Morgan fingerprint density at radius 3 is 2.53 bits per heavy atom. The molecule has 0 aliphatic carbocycles. The van der Waals surface area contributed by atoms with Gasteiger partial charge in [0.05, 0.1) is 0 Å². The number of carbonyl (C=O) groups is 1. The molecule has 0 aliphatic heterocycles. The van der Waals surface area contributed by atoms with E-state index in [2.05, 4.69) is 5.32 Å². The third-order valence-electron chi connectivity index (χ3n) is 2.69. The molecule has 1 aromatic rings. The lowest BCUT2D eigenvalue weighted by Gasteiger charge is -2.21. The van der Waals surface area contributed by atoms with Gasteiger partial charge in [-0.15, -0.1) is 0 Å². The van der Waals surface area contributed by atoms with Gasteiger partial charge in [0.25, 0.3) is 0 Å². The van der Waals surface area contributed by atoms with Gasteiger partial charge in [0.2, 0.25) is 0 Å². The van der Waals surface area contributed by atoms with E-state index < -0.39 is 5.60 Å². The standard InChI is InChI=1S/C15H22FNO2/c1-15(2,3)19-14(18)10-9-13(17-4)11-7-5-6-8-12(11)16/h5-8,13,17H,9-10H2,1-4H3. The van der Waals surface area contributed by atoms with Crippen molar-refractivity contribution in [1.82, 2.24) is 5.32 Å². The first-order valence-corrected chi connectivity index (χ1v) is 6.47. The summed E-state index contributed by atoms with van der Waals surface area (Å²) in [5.74, 6) is -0.518. The summed E-state index contributed by atoms with van der Waals surface area (Å²) in [6, 6.07) is 6.41. The Morgan fingerprint density at radius 1 is 1.37 bits per heavy atom. The van der Waals surface area contributed by atoms with E-state index in [0.717, 1.165) is 0 Å². The van der Waals surface area contributed by atoms with E-state index in [1.165, 1.54) is 6.07 Å². The molecule has 1 unspecified atom stereocenters. The van der Waals surface area contributed by atoms with Gasteiger partial charge < -0.3 is 10.1 Å². The topological polar surface area (TPSA) is 38.3 Å². The first kappa shape index (κ1) is 15.6. The summed E-state index contributed by atoms with van der Waals surface area (Å²) in [7, 11) is 1.76. The highest BCUT2D eigenvalue weighted by atomic mass is 19.1. The minimum absolute atomic E-state index is 0.186. The van der Waals surface area contributed by atoms with Crippen molar-refractivity contribution in [2.75, 3.05) is 7.05 Å². The average Bonchev–Trinajstić information content (AvgIpc) is 2.29. The molecule has 0 spiro atoms. The van der Waals surface area contributed by atoms with Crippen LogP contribution >= 0.6 is 0 Å². The quantitative estimate of drug-likeness (QED) is 0.832. The van der Waals surface area contributed by atoms with Crippen molar-refractivity contribution < 1.29 is 13.9 Å². The maximum Gasteiger partial charge on any atom is 0.306 e. The zero-order valence-electron chi connectivity index (χ0n) is 12.0. The summed E-state index contributed by atoms with van der Waals surface area (Å²) in [4.78, 5) is 11.7. The Morgan fingerprint density at radius 2 is 2.00 bits per heavy atom. The summed E-state index contributed by atoms with van der Waals surface area (Å²) in [5, 5.41) is 3.03. The van der Waals surface area contributed by atoms with E-state index in [-0.39, 0.29) is 24.2 Å². The lowest BCUT2D eigenvalue weighted by atomic mass is 10.0. The molecule has 0 amide bonds. The predicted molar refractivity (Wildman–Crippen MR) is 73.3 cm³/mol. The SMILES string of the molecule is CNC(CCC(=O)OC(C)(C)C)c1ccccc1F. The van der Waals surface area contributed by atoms with E-state index in [1.807, 2.05) is 20.8 Å². The lowest BCUT2D eigenvalue weighted by Crippen LogP contribution is -2.25. The maximum atomic E-state index is 13.7. The zero-order chi connectivity index (χ0) is 14.5. The van der Waals surface area contributed by atoms with Crippen LogP contribution in [0.5, 0.6) is 0 Å². The second-order valence-corrected chi connectivity index (χ2v) is 5.49. The van der Waals surface area contributed by atoms with Crippen LogP contribution in [0.4, 0.5) is 4.39 Å². The van der Waals surface area contributed by atoms with Crippen molar-refractivity contribution in [3.63, 3.8) is 0 Å². The highest BCUT2D eigenvalue weighted by molar-refractivity contribution is 5.69. The third kappa shape index (κ3) is 5.39. The molecule has 1 aromatic carbocycles. The molecular formula is C15H22FNO2. The minimum Gasteiger partial charge on any atom is -0.460 e. The molecule has 0 heterocycles. The number of carbonyl (C=O) groups excluding carboxylic acids is 1. The van der Waals surface area contributed by atoms with E-state index >= 15 is 0 Å². The summed E-state index contributed by atoms with van der Waals surface area (Å²) in [6.07, 6.45) is 0.767. The molecule has 106 valence electrons. The molecule has 0 saturated heterocycles. The van der Waals surface area contributed by atoms with Gasteiger partial charge >= 0.3 is 5.97 Å². The molecule has 0 bridgehead atoms. The van der Waals surface area contributed by atoms with Crippen LogP contribution in [0.3, 0.4) is 0 Å². The first-order valence-electron chi connectivity index (χ1n) is 6.47. The summed E-state index contributed by atoms with van der Waals surface area (Å²) < 4.78 is 18.9. The summed E-state index contributed by atoms with van der Waals surface area (Å²) >= 11 is 0. The number of hydrogen-bond donors (Lipinski definition) is 1. The van der Waals surface area contributed by atoms with Gasteiger partial charge in [-0.3, -0.25) is 4.79 Å². The molecule has 1 atom stereocenters. The summed E-state index contributed by atoms with van der Waals surface area (Å²) in [5.41, 5.74) is 0.0954. The average molecular weight is 267 g/mol. The smallest absolute Gasteiger partial charge is 0.306 e. The largest absolute Gasteiger partial charge is 0.460 e. The van der Waals surface area contributed by atoms with E-state index in [1.54, 1.807) is 25.2 Å². The molecule has 4 heteroatoms. The van der Waals surface area contributed by atoms with Crippen LogP contribution in [0.25, 0.3) is 0 Å². The second kappa shape index (κ2) is 6.66. The number of esters is 1. The maximum absolute atomic E-state index is 13.7. The van der Waals surface area contributed by atoms with Crippen LogP contribution in [0.15, 0.2) is 24.3 Å². The van der Waals surface area contributed by atoms with Crippen molar-refractivity contribution >= 4 is 5.97 Å².